The molecule has 0 aromatic carbocycles. The van der Waals surface area contributed by atoms with Crippen LogP contribution in [0.1, 0.15) is 32.6 Å². The molecule has 0 aromatic heterocycles. The van der Waals surface area contributed by atoms with Gasteiger partial charge in [-0.15, -0.1) is 0 Å². The van der Waals surface area contributed by atoms with Crippen molar-refractivity contribution in [2.24, 2.45) is 5.41 Å². The minimum Gasteiger partial charge on any atom is -0.481 e. The molecule has 0 bridgehead atoms. The van der Waals surface area contributed by atoms with E-state index >= 15 is 0 Å². The molecule has 7 heteroatoms. The minimum atomic E-state index is -3.55. The molecule has 0 saturated heterocycles. The van der Waals surface area contributed by atoms with Crippen LogP contribution in [-0.4, -0.2) is 32.6 Å². The molecule has 0 aliphatic heterocycles. The van der Waals surface area contributed by atoms with E-state index in [1.165, 1.54) is 0 Å². The molecule has 0 heterocycles. The average Bonchev–Trinajstić information content (AvgIpc) is 2.12. The van der Waals surface area contributed by atoms with E-state index in [0.29, 0.717) is 25.8 Å². The highest BCUT2D eigenvalue weighted by Crippen LogP contribution is 2.40. The van der Waals surface area contributed by atoms with Gasteiger partial charge in [-0.2, -0.15) is 8.42 Å². The molecule has 1 saturated carbocycles. The van der Waals surface area contributed by atoms with Crippen LogP contribution in [0, 0.1) is 5.41 Å². The van der Waals surface area contributed by atoms with Gasteiger partial charge in [0.2, 0.25) is 0 Å². The second kappa shape index (κ2) is 5.11. The average molecular weight is 250 g/mol. The molecule has 3 N–H and O–H groups in total. The topological polar surface area (TPSA) is 95.5 Å². The Morgan fingerprint density at radius 2 is 2.00 bits per heavy atom. The van der Waals surface area contributed by atoms with Gasteiger partial charge in [-0.3, -0.25) is 4.79 Å². The Morgan fingerprint density at radius 1 is 1.38 bits per heavy atom. The van der Waals surface area contributed by atoms with E-state index in [2.05, 4.69) is 9.44 Å². The smallest absolute Gasteiger partial charge is 0.310 e. The molecule has 16 heavy (non-hydrogen) atoms. The van der Waals surface area contributed by atoms with Gasteiger partial charge in [0.25, 0.3) is 10.2 Å². The van der Waals surface area contributed by atoms with Crippen molar-refractivity contribution in [2.75, 3.05) is 13.1 Å². The van der Waals surface area contributed by atoms with Crippen molar-refractivity contribution in [3.63, 3.8) is 0 Å². The molecule has 1 fully saturated rings. The first-order chi connectivity index (χ1) is 7.42. The summed E-state index contributed by atoms with van der Waals surface area (Å²) < 4.78 is 27.4. The number of nitrogens with one attached hydrogen (secondary N) is 2. The van der Waals surface area contributed by atoms with Crippen molar-refractivity contribution in [3.8, 4) is 0 Å². The van der Waals surface area contributed by atoms with Gasteiger partial charge in [0, 0.05) is 13.1 Å². The lowest BCUT2D eigenvalue weighted by Crippen LogP contribution is -2.50. The summed E-state index contributed by atoms with van der Waals surface area (Å²) in [6.07, 6.45) is 2.62. The quantitative estimate of drug-likeness (QED) is 0.596. The van der Waals surface area contributed by atoms with Crippen LogP contribution >= 0.6 is 0 Å². The van der Waals surface area contributed by atoms with Crippen molar-refractivity contribution in [1.82, 2.24) is 9.44 Å². The van der Waals surface area contributed by atoms with Gasteiger partial charge in [-0.05, 0) is 19.3 Å². The Bertz CT molecular complexity index is 349. The molecule has 6 nitrogen and oxygen atoms in total. The van der Waals surface area contributed by atoms with Crippen molar-refractivity contribution < 1.29 is 18.3 Å². The number of carboxylic acid groups (broad SMARTS) is 1. The summed E-state index contributed by atoms with van der Waals surface area (Å²) in [4.78, 5) is 11.0. The van der Waals surface area contributed by atoms with Crippen LogP contribution in [0.25, 0.3) is 0 Å². The van der Waals surface area contributed by atoms with E-state index in [9.17, 15) is 13.2 Å². The summed E-state index contributed by atoms with van der Waals surface area (Å²) in [5.41, 5.74) is -0.888. The van der Waals surface area contributed by atoms with Gasteiger partial charge in [0.1, 0.15) is 0 Å². The lowest BCUT2D eigenvalue weighted by atomic mass is 9.69. The third kappa shape index (κ3) is 3.16. The molecule has 0 atom stereocenters. The van der Waals surface area contributed by atoms with E-state index in [4.69, 9.17) is 5.11 Å². The number of carbonyl (C=O) groups is 1. The maximum absolute atomic E-state index is 11.4. The van der Waals surface area contributed by atoms with E-state index in [-0.39, 0.29) is 6.54 Å². The predicted octanol–water partition coefficient (Wildman–Crippen LogP) is 0.0753. The predicted molar refractivity (Wildman–Crippen MR) is 59.1 cm³/mol. The van der Waals surface area contributed by atoms with Gasteiger partial charge in [0.15, 0.2) is 0 Å². The van der Waals surface area contributed by atoms with Crippen LogP contribution in [0.4, 0.5) is 0 Å². The second-order valence-electron chi connectivity index (χ2n) is 4.16. The zero-order chi connectivity index (χ0) is 12.2. The lowest BCUT2D eigenvalue weighted by molar-refractivity contribution is -0.153. The summed E-state index contributed by atoms with van der Waals surface area (Å²) in [6.45, 7) is 2.18. The van der Waals surface area contributed by atoms with Crippen LogP contribution in [-0.2, 0) is 15.0 Å². The number of aliphatic carboxylic acids is 1. The van der Waals surface area contributed by atoms with Crippen LogP contribution < -0.4 is 9.44 Å². The van der Waals surface area contributed by atoms with Crippen molar-refractivity contribution in [1.29, 1.82) is 0 Å². The molecule has 1 rings (SSSR count). The molecular weight excluding hydrogens is 232 g/mol. The Morgan fingerprint density at radius 3 is 2.38 bits per heavy atom. The van der Waals surface area contributed by atoms with Gasteiger partial charge < -0.3 is 5.11 Å². The fourth-order valence-electron chi connectivity index (χ4n) is 1.59. The number of rotatable bonds is 7. The van der Waals surface area contributed by atoms with E-state index in [1.54, 1.807) is 0 Å². The van der Waals surface area contributed by atoms with E-state index < -0.39 is 21.6 Å². The Labute approximate surface area is 95.6 Å². The maximum Gasteiger partial charge on any atom is 0.310 e. The number of hydrogen-bond acceptors (Lipinski definition) is 3. The molecule has 1 aliphatic rings. The maximum atomic E-state index is 11.4. The zero-order valence-corrected chi connectivity index (χ0v) is 10.1. The summed E-state index contributed by atoms with van der Waals surface area (Å²) in [6, 6.07) is 0. The summed E-state index contributed by atoms with van der Waals surface area (Å²) in [7, 11) is -3.55. The fourth-order valence-corrected chi connectivity index (χ4v) is 2.63. The minimum absolute atomic E-state index is 0.0264. The molecule has 0 spiro atoms. The van der Waals surface area contributed by atoms with Crippen LogP contribution in [0.5, 0.6) is 0 Å². The normalized spacial score (nSPS) is 19.1. The highest BCUT2D eigenvalue weighted by Gasteiger charge is 2.44. The highest BCUT2D eigenvalue weighted by atomic mass is 32.2. The molecule has 0 unspecified atom stereocenters. The lowest BCUT2D eigenvalue weighted by Gasteiger charge is -2.37. The van der Waals surface area contributed by atoms with Crippen LogP contribution in [0.3, 0.4) is 0 Å². The van der Waals surface area contributed by atoms with Crippen LogP contribution in [0.15, 0.2) is 0 Å². The third-order valence-electron chi connectivity index (χ3n) is 2.91. The first kappa shape index (κ1) is 13.4. The van der Waals surface area contributed by atoms with E-state index in [0.717, 1.165) is 6.42 Å². The summed E-state index contributed by atoms with van der Waals surface area (Å²) >= 11 is 0. The van der Waals surface area contributed by atoms with Crippen molar-refractivity contribution in [2.45, 2.75) is 32.6 Å². The van der Waals surface area contributed by atoms with Gasteiger partial charge in [-0.25, -0.2) is 9.44 Å². The SMILES string of the molecule is CCCNS(=O)(=O)NCC1(C(=O)O)CCC1. The zero-order valence-electron chi connectivity index (χ0n) is 9.32. The Hall–Kier alpha value is -0.660. The number of hydrogen-bond donors (Lipinski definition) is 3. The monoisotopic (exact) mass is 250 g/mol. The van der Waals surface area contributed by atoms with Gasteiger partial charge >= 0.3 is 5.97 Å². The molecule has 0 aromatic rings. The molecule has 94 valence electrons. The van der Waals surface area contributed by atoms with Crippen molar-refractivity contribution in [3.05, 3.63) is 0 Å². The Balaban J connectivity index is 2.47. The number of carboxylic acids is 1. The first-order valence-electron chi connectivity index (χ1n) is 5.39. The molecular formula is C9H18N2O4S. The molecule has 0 amide bonds. The van der Waals surface area contributed by atoms with E-state index in [1.807, 2.05) is 6.92 Å². The summed E-state index contributed by atoms with van der Waals surface area (Å²) in [5, 5.41) is 9.00. The van der Waals surface area contributed by atoms with Gasteiger partial charge in [-0.1, -0.05) is 13.3 Å². The fraction of sp³-hybridized carbons (Fsp3) is 0.889. The van der Waals surface area contributed by atoms with Crippen molar-refractivity contribution >= 4 is 16.2 Å². The largest absolute Gasteiger partial charge is 0.481 e. The standard InChI is InChI=1S/C9H18N2O4S/c1-2-6-10-16(14,15)11-7-9(8(12)13)4-3-5-9/h10-11H,2-7H2,1H3,(H,12,13). The van der Waals surface area contributed by atoms with Crippen LogP contribution in [0.2, 0.25) is 0 Å². The summed E-state index contributed by atoms with van der Waals surface area (Å²) in [5.74, 6) is -0.919. The first-order valence-corrected chi connectivity index (χ1v) is 6.88. The Kier molecular flexibility index (Phi) is 4.28. The molecule has 0 radical (unpaired) electrons. The van der Waals surface area contributed by atoms with Gasteiger partial charge in [0.05, 0.1) is 5.41 Å². The third-order valence-corrected chi connectivity index (χ3v) is 4.02. The molecule has 1 aliphatic carbocycles. The highest BCUT2D eigenvalue weighted by molar-refractivity contribution is 7.87. The second-order valence-corrected chi connectivity index (χ2v) is 5.74.